The van der Waals surface area contributed by atoms with Crippen molar-refractivity contribution in [2.24, 2.45) is 5.92 Å². The van der Waals surface area contributed by atoms with E-state index in [0.717, 1.165) is 30.4 Å². The van der Waals surface area contributed by atoms with Crippen LogP contribution in [0.5, 0.6) is 0 Å². The minimum absolute atomic E-state index is 0.185. The van der Waals surface area contributed by atoms with Gasteiger partial charge in [0.2, 0.25) is 10.0 Å². The number of hydrogen-bond donors (Lipinski definition) is 1. The zero-order valence-electron chi connectivity index (χ0n) is 12.8. The maximum atomic E-state index is 13.0. The Morgan fingerprint density at radius 2 is 1.76 bits per heavy atom. The highest BCUT2D eigenvalue weighted by atomic mass is 32.2. The first-order valence-corrected chi connectivity index (χ1v) is 9.24. The highest BCUT2D eigenvalue weighted by molar-refractivity contribution is 7.89. The Kier molecular flexibility index (Phi) is 3.74. The lowest BCUT2D eigenvalue weighted by Gasteiger charge is -2.31. The highest BCUT2D eigenvalue weighted by Crippen LogP contribution is 2.40. The summed E-state index contributed by atoms with van der Waals surface area (Å²) in [6.45, 7) is 4.53. The van der Waals surface area contributed by atoms with Gasteiger partial charge in [-0.25, -0.2) is 8.42 Å². The topological polar surface area (TPSA) is 63.4 Å². The lowest BCUT2D eigenvalue weighted by molar-refractivity contribution is 0.260. The molecule has 21 heavy (non-hydrogen) atoms. The Bertz CT molecular complexity index is 654. The third kappa shape index (κ3) is 2.46. The van der Waals surface area contributed by atoms with Crippen molar-refractivity contribution in [2.75, 3.05) is 12.3 Å². The lowest BCUT2D eigenvalue weighted by atomic mass is 9.86. The maximum absolute atomic E-state index is 13.0. The lowest BCUT2D eigenvalue weighted by Crippen LogP contribution is -2.39. The first-order chi connectivity index (χ1) is 9.91. The van der Waals surface area contributed by atoms with Gasteiger partial charge >= 0.3 is 0 Å². The van der Waals surface area contributed by atoms with E-state index in [1.807, 2.05) is 13.8 Å². The summed E-state index contributed by atoms with van der Waals surface area (Å²) in [5.41, 5.74) is 8.38. The number of nitrogens with zero attached hydrogens (tertiary/aromatic N) is 1. The van der Waals surface area contributed by atoms with Crippen molar-refractivity contribution in [2.45, 2.75) is 56.9 Å². The Hall–Kier alpha value is -1.07. The van der Waals surface area contributed by atoms with Crippen LogP contribution in [0.25, 0.3) is 0 Å². The van der Waals surface area contributed by atoms with E-state index in [0.29, 0.717) is 18.2 Å². The molecule has 2 fully saturated rings. The van der Waals surface area contributed by atoms with Gasteiger partial charge in [-0.15, -0.1) is 0 Å². The van der Waals surface area contributed by atoms with Gasteiger partial charge in [0, 0.05) is 12.6 Å². The van der Waals surface area contributed by atoms with Gasteiger partial charge in [-0.2, -0.15) is 4.31 Å². The van der Waals surface area contributed by atoms with Crippen LogP contribution in [-0.2, 0) is 10.0 Å². The van der Waals surface area contributed by atoms with Crippen molar-refractivity contribution in [1.82, 2.24) is 4.31 Å². The van der Waals surface area contributed by atoms with Crippen molar-refractivity contribution in [3.8, 4) is 0 Å². The van der Waals surface area contributed by atoms with E-state index < -0.39 is 10.0 Å². The largest absolute Gasteiger partial charge is 0.398 e. The molecule has 2 atom stereocenters. The van der Waals surface area contributed by atoms with Gasteiger partial charge in [-0.05, 0) is 62.3 Å². The second kappa shape index (κ2) is 5.29. The molecule has 1 aromatic rings. The van der Waals surface area contributed by atoms with Gasteiger partial charge in [-0.1, -0.05) is 12.8 Å². The summed E-state index contributed by atoms with van der Waals surface area (Å²) in [4.78, 5) is 0.289. The minimum atomic E-state index is -3.47. The van der Waals surface area contributed by atoms with Crippen molar-refractivity contribution < 1.29 is 8.42 Å². The smallest absolute Gasteiger partial charge is 0.245 e. The predicted molar refractivity (Wildman–Crippen MR) is 84.6 cm³/mol. The van der Waals surface area contributed by atoms with E-state index in [2.05, 4.69) is 0 Å². The van der Waals surface area contributed by atoms with Crippen molar-refractivity contribution in [3.63, 3.8) is 0 Å². The molecule has 0 bridgehead atoms. The molecular weight excluding hydrogens is 284 g/mol. The van der Waals surface area contributed by atoms with Crippen LogP contribution in [0, 0.1) is 19.8 Å². The van der Waals surface area contributed by atoms with Crippen molar-refractivity contribution in [1.29, 1.82) is 0 Å². The van der Waals surface area contributed by atoms with E-state index in [9.17, 15) is 8.42 Å². The molecule has 4 nitrogen and oxygen atoms in total. The van der Waals surface area contributed by atoms with E-state index in [1.165, 1.54) is 12.8 Å². The van der Waals surface area contributed by atoms with Crippen LogP contribution in [0.15, 0.2) is 17.0 Å². The molecule has 1 saturated carbocycles. The quantitative estimate of drug-likeness (QED) is 0.855. The standard InChI is InChI=1S/C16H24N2O2S/c1-11-9-14(17)16(10-12(11)2)21(19,20)18-8-7-13-5-3-4-6-15(13)18/h9-10,13,15H,3-8,17H2,1-2H3. The number of anilines is 1. The summed E-state index contributed by atoms with van der Waals surface area (Å²) in [6.07, 6.45) is 5.53. The second-order valence-corrected chi connectivity index (χ2v) is 8.35. The molecule has 5 heteroatoms. The Labute approximate surface area is 127 Å². The van der Waals surface area contributed by atoms with Crippen LogP contribution in [0.4, 0.5) is 5.69 Å². The molecule has 0 radical (unpaired) electrons. The third-order valence-electron chi connectivity index (χ3n) is 5.17. The summed E-state index contributed by atoms with van der Waals surface area (Å²) >= 11 is 0. The molecule has 0 spiro atoms. The number of nitrogens with two attached hydrogens (primary N) is 1. The number of rotatable bonds is 2. The SMILES string of the molecule is Cc1cc(N)c(S(=O)(=O)N2CCC3CCCCC32)cc1C. The molecule has 2 N–H and O–H groups in total. The molecule has 0 amide bonds. The first kappa shape index (κ1) is 14.9. The van der Waals surface area contributed by atoms with Crippen molar-refractivity contribution in [3.05, 3.63) is 23.3 Å². The van der Waals surface area contributed by atoms with E-state index in [-0.39, 0.29) is 10.9 Å². The van der Waals surface area contributed by atoms with Crippen LogP contribution in [0.3, 0.4) is 0 Å². The average Bonchev–Trinajstić information content (AvgIpc) is 2.87. The molecule has 1 saturated heterocycles. The van der Waals surface area contributed by atoms with Crippen LogP contribution in [-0.4, -0.2) is 25.3 Å². The first-order valence-electron chi connectivity index (χ1n) is 7.80. The number of hydrogen-bond acceptors (Lipinski definition) is 3. The molecule has 116 valence electrons. The summed E-state index contributed by atoms with van der Waals surface area (Å²) in [7, 11) is -3.47. The number of nitrogen functional groups attached to an aromatic ring is 1. The monoisotopic (exact) mass is 308 g/mol. The van der Waals surface area contributed by atoms with Gasteiger partial charge in [-0.3, -0.25) is 0 Å². The van der Waals surface area contributed by atoms with Gasteiger partial charge in [0.15, 0.2) is 0 Å². The zero-order valence-corrected chi connectivity index (χ0v) is 13.6. The van der Waals surface area contributed by atoms with Crippen LogP contribution >= 0.6 is 0 Å². The Morgan fingerprint density at radius 3 is 2.52 bits per heavy atom. The number of sulfonamides is 1. The number of aryl methyl sites for hydroxylation is 2. The molecule has 1 heterocycles. The summed E-state index contributed by atoms with van der Waals surface area (Å²) in [5, 5.41) is 0. The number of benzene rings is 1. The molecule has 2 aliphatic rings. The molecule has 3 rings (SSSR count). The molecule has 1 aromatic carbocycles. The average molecular weight is 308 g/mol. The van der Waals surface area contributed by atoms with Gasteiger partial charge in [0.1, 0.15) is 4.90 Å². The van der Waals surface area contributed by atoms with Crippen LogP contribution in [0.1, 0.15) is 43.2 Å². The van der Waals surface area contributed by atoms with E-state index >= 15 is 0 Å². The number of fused-ring (bicyclic) bond motifs is 1. The normalized spacial score (nSPS) is 26.8. The fraction of sp³-hybridized carbons (Fsp3) is 0.625. The van der Waals surface area contributed by atoms with Gasteiger partial charge in [0.05, 0.1) is 5.69 Å². The van der Waals surface area contributed by atoms with Crippen LogP contribution in [0.2, 0.25) is 0 Å². The van der Waals surface area contributed by atoms with Gasteiger partial charge < -0.3 is 5.73 Å². The molecular formula is C16H24N2O2S. The molecule has 2 unspecified atom stereocenters. The van der Waals surface area contributed by atoms with E-state index in [4.69, 9.17) is 5.73 Å². The maximum Gasteiger partial charge on any atom is 0.245 e. The van der Waals surface area contributed by atoms with E-state index in [1.54, 1.807) is 16.4 Å². The fourth-order valence-electron chi connectivity index (χ4n) is 3.82. The highest BCUT2D eigenvalue weighted by Gasteiger charge is 2.42. The Morgan fingerprint density at radius 1 is 1.10 bits per heavy atom. The van der Waals surface area contributed by atoms with Crippen LogP contribution < -0.4 is 5.73 Å². The summed E-state index contributed by atoms with van der Waals surface area (Å²) in [5.74, 6) is 0.543. The summed E-state index contributed by atoms with van der Waals surface area (Å²) in [6, 6.07) is 3.69. The second-order valence-electron chi connectivity index (χ2n) is 6.49. The van der Waals surface area contributed by atoms with Gasteiger partial charge in [0.25, 0.3) is 0 Å². The third-order valence-corrected chi connectivity index (χ3v) is 7.15. The molecule has 1 aliphatic heterocycles. The molecule has 1 aliphatic carbocycles. The molecule has 0 aromatic heterocycles. The predicted octanol–water partition coefficient (Wildman–Crippen LogP) is 2.84. The summed E-state index contributed by atoms with van der Waals surface area (Å²) < 4.78 is 27.8. The Balaban J connectivity index is 1.99. The minimum Gasteiger partial charge on any atom is -0.398 e. The zero-order chi connectivity index (χ0) is 15.2. The fourth-order valence-corrected chi connectivity index (χ4v) is 5.74. The van der Waals surface area contributed by atoms with Crippen molar-refractivity contribution >= 4 is 15.7 Å².